The summed E-state index contributed by atoms with van der Waals surface area (Å²) in [5.41, 5.74) is 0. The van der Waals surface area contributed by atoms with Crippen molar-refractivity contribution in [3.05, 3.63) is 0 Å². The van der Waals surface area contributed by atoms with Crippen LogP contribution in [0.1, 0.15) is 97.8 Å². The molecule has 2 heteroatoms. The molecule has 0 saturated heterocycles. The Bertz CT molecular complexity index is 159. The maximum Gasteiger partial charge on any atom is 0.0929 e. The smallest absolute Gasteiger partial charge is 0.0929 e. The van der Waals surface area contributed by atoms with Crippen LogP contribution < -0.4 is 0 Å². The van der Waals surface area contributed by atoms with Gasteiger partial charge in [-0.1, -0.05) is 78.6 Å². The zero-order valence-electron chi connectivity index (χ0n) is 13.6. The van der Waals surface area contributed by atoms with E-state index >= 15 is 0 Å². The number of unbranched alkanes of at least 4 members (excludes halogenated alkanes) is 7. The van der Waals surface area contributed by atoms with Crippen LogP contribution in [0, 0.1) is 0 Å². The van der Waals surface area contributed by atoms with Crippen molar-refractivity contribution in [3.63, 3.8) is 0 Å². The summed E-state index contributed by atoms with van der Waals surface area (Å²) in [5.74, 6) is 0. The first-order valence-electron chi connectivity index (χ1n) is 8.63. The summed E-state index contributed by atoms with van der Waals surface area (Å²) in [4.78, 5) is 10.7. The molecule has 0 aromatic carbocycles. The van der Waals surface area contributed by atoms with E-state index in [1.165, 1.54) is 57.8 Å². The fraction of sp³-hybridized carbons (Fsp3) is 1.00. The van der Waals surface area contributed by atoms with Crippen LogP contribution in [-0.2, 0) is 9.78 Å². The van der Waals surface area contributed by atoms with Crippen molar-refractivity contribution in [1.82, 2.24) is 0 Å². The Kier molecular flexibility index (Phi) is 15.9. The molecule has 0 fully saturated rings. The molecule has 0 N–H and O–H groups in total. The van der Waals surface area contributed by atoms with Gasteiger partial charge in [0.05, 0.1) is 12.7 Å². The van der Waals surface area contributed by atoms with Crippen molar-refractivity contribution in [3.8, 4) is 0 Å². The zero-order valence-corrected chi connectivity index (χ0v) is 13.6. The van der Waals surface area contributed by atoms with Crippen LogP contribution in [0.5, 0.6) is 0 Å². The van der Waals surface area contributed by atoms with Gasteiger partial charge in [0.2, 0.25) is 0 Å². The molecule has 0 aliphatic heterocycles. The highest BCUT2D eigenvalue weighted by Crippen LogP contribution is 2.15. The molecule has 0 aliphatic carbocycles. The van der Waals surface area contributed by atoms with E-state index in [0.29, 0.717) is 6.10 Å². The predicted octanol–water partition coefficient (Wildman–Crippen LogP) is 6.04. The van der Waals surface area contributed by atoms with E-state index in [4.69, 9.17) is 9.78 Å². The first-order valence-corrected chi connectivity index (χ1v) is 8.63. The second kappa shape index (κ2) is 16.0. The van der Waals surface area contributed by atoms with E-state index in [2.05, 4.69) is 20.8 Å². The molecule has 1 atom stereocenters. The Morgan fingerprint density at radius 3 is 1.84 bits per heavy atom. The Hall–Kier alpha value is -0.0800. The van der Waals surface area contributed by atoms with Gasteiger partial charge in [-0.2, -0.15) is 0 Å². The van der Waals surface area contributed by atoms with Crippen molar-refractivity contribution < 1.29 is 9.78 Å². The van der Waals surface area contributed by atoms with Gasteiger partial charge in [0.1, 0.15) is 0 Å². The van der Waals surface area contributed by atoms with Crippen molar-refractivity contribution in [2.75, 3.05) is 6.61 Å². The van der Waals surface area contributed by atoms with E-state index in [1.807, 2.05) is 0 Å². The van der Waals surface area contributed by atoms with Crippen LogP contribution in [-0.4, -0.2) is 12.7 Å². The molecule has 2 nitrogen and oxygen atoms in total. The highest BCUT2D eigenvalue weighted by molar-refractivity contribution is 4.56. The molecule has 0 aliphatic rings. The zero-order chi connectivity index (χ0) is 14.2. The topological polar surface area (TPSA) is 18.5 Å². The Morgan fingerprint density at radius 1 is 0.632 bits per heavy atom. The number of hydrogen-bond acceptors (Lipinski definition) is 2. The molecule has 0 bridgehead atoms. The van der Waals surface area contributed by atoms with E-state index in [1.54, 1.807) is 0 Å². The summed E-state index contributed by atoms with van der Waals surface area (Å²) in [5, 5.41) is 0. The van der Waals surface area contributed by atoms with Gasteiger partial charge >= 0.3 is 0 Å². The molecular weight excluding hydrogens is 236 g/mol. The normalized spacial score (nSPS) is 12.8. The second-order valence-electron chi connectivity index (χ2n) is 5.59. The van der Waals surface area contributed by atoms with Crippen LogP contribution in [0.4, 0.5) is 0 Å². The average Bonchev–Trinajstić information content (AvgIpc) is 2.42. The minimum atomic E-state index is 0.316. The largest absolute Gasteiger partial charge is 0.236 e. The highest BCUT2D eigenvalue weighted by atomic mass is 17.2. The fourth-order valence-corrected chi connectivity index (χ4v) is 2.30. The minimum absolute atomic E-state index is 0.316. The quantitative estimate of drug-likeness (QED) is 0.205. The van der Waals surface area contributed by atoms with Gasteiger partial charge in [-0.05, 0) is 19.3 Å². The summed E-state index contributed by atoms with van der Waals surface area (Å²) >= 11 is 0. The molecule has 1 unspecified atom stereocenters. The van der Waals surface area contributed by atoms with Crippen LogP contribution in [0.25, 0.3) is 0 Å². The lowest BCUT2D eigenvalue weighted by molar-refractivity contribution is -0.326. The van der Waals surface area contributed by atoms with Crippen molar-refractivity contribution in [1.29, 1.82) is 0 Å². The third kappa shape index (κ3) is 14.1. The maximum absolute atomic E-state index is 5.48. The maximum atomic E-state index is 5.48. The fourth-order valence-electron chi connectivity index (χ4n) is 2.30. The Labute approximate surface area is 121 Å². The standard InChI is InChI=1S/C17H36O2/c1-4-7-8-9-10-11-12-13-15-17(14-5-2)19-18-16-6-3/h17H,4-16H2,1-3H3. The predicted molar refractivity (Wildman–Crippen MR) is 83.3 cm³/mol. The summed E-state index contributed by atoms with van der Waals surface area (Å²) in [7, 11) is 0. The molecule has 0 rings (SSSR count). The lowest BCUT2D eigenvalue weighted by Crippen LogP contribution is -2.13. The summed E-state index contributed by atoms with van der Waals surface area (Å²) in [6.07, 6.45) is 15.8. The van der Waals surface area contributed by atoms with Gasteiger partial charge in [0.15, 0.2) is 0 Å². The lowest BCUT2D eigenvalue weighted by Gasteiger charge is -2.15. The molecule has 0 amide bonds. The highest BCUT2D eigenvalue weighted by Gasteiger charge is 2.08. The molecular formula is C17H36O2. The van der Waals surface area contributed by atoms with Crippen molar-refractivity contribution in [2.24, 2.45) is 0 Å². The molecule has 0 aromatic heterocycles. The summed E-state index contributed by atoms with van der Waals surface area (Å²) < 4.78 is 0. The molecule has 0 heterocycles. The van der Waals surface area contributed by atoms with E-state index in [0.717, 1.165) is 25.9 Å². The monoisotopic (exact) mass is 272 g/mol. The molecule has 0 saturated carbocycles. The molecule has 19 heavy (non-hydrogen) atoms. The summed E-state index contributed by atoms with van der Waals surface area (Å²) in [6.45, 7) is 7.31. The second-order valence-corrected chi connectivity index (χ2v) is 5.59. The summed E-state index contributed by atoms with van der Waals surface area (Å²) in [6, 6.07) is 0. The van der Waals surface area contributed by atoms with Gasteiger partial charge in [0, 0.05) is 0 Å². The molecule has 116 valence electrons. The van der Waals surface area contributed by atoms with Crippen LogP contribution in [0.3, 0.4) is 0 Å². The molecule has 0 spiro atoms. The first-order chi connectivity index (χ1) is 9.35. The van der Waals surface area contributed by atoms with Gasteiger partial charge < -0.3 is 0 Å². The van der Waals surface area contributed by atoms with Crippen molar-refractivity contribution >= 4 is 0 Å². The lowest BCUT2D eigenvalue weighted by atomic mass is 10.0. The number of rotatable bonds is 15. The SMILES string of the molecule is CCCCCCCCCCC(CCC)OOCCC. The third-order valence-electron chi connectivity index (χ3n) is 3.48. The van der Waals surface area contributed by atoms with Gasteiger partial charge in [-0.25, -0.2) is 9.78 Å². The number of hydrogen-bond donors (Lipinski definition) is 0. The van der Waals surface area contributed by atoms with Crippen LogP contribution in [0.15, 0.2) is 0 Å². The minimum Gasteiger partial charge on any atom is -0.236 e. The average molecular weight is 272 g/mol. The van der Waals surface area contributed by atoms with E-state index in [-0.39, 0.29) is 0 Å². The molecule has 0 radical (unpaired) electrons. The third-order valence-corrected chi connectivity index (χ3v) is 3.48. The van der Waals surface area contributed by atoms with Crippen LogP contribution >= 0.6 is 0 Å². The Balaban J connectivity index is 3.36. The Morgan fingerprint density at radius 2 is 1.26 bits per heavy atom. The van der Waals surface area contributed by atoms with E-state index < -0.39 is 0 Å². The van der Waals surface area contributed by atoms with Gasteiger partial charge in [0.25, 0.3) is 0 Å². The first kappa shape index (κ1) is 18.9. The van der Waals surface area contributed by atoms with Crippen LogP contribution in [0.2, 0.25) is 0 Å². The molecule has 0 aromatic rings. The van der Waals surface area contributed by atoms with Crippen molar-refractivity contribution in [2.45, 2.75) is 104 Å². The van der Waals surface area contributed by atoms with Gasteiger partial charge in [-0.15, -0.1) is 0 Å². The van der Waals surface area contributed by atoms with E-state index in [9.17, 15) is 0 Å². The van der Waals surface area contributed by atoms with Gasteiger partial charge in [-0.3, -0.25) is 0 Å².